The number of esters is 1. The van der Waals surface area contributed by atoms with Gasteiger partial charge in [-0.25, -0.2) is 4.79 Å². The fourth-order valence-corrected chi connectivity index (χ4v) is 12.0. The number of fused-ring (bicyclic) bond motifs is 2. The zero-order chi connectivity index (χ0) is 29.8. The van der Waals surface area contributed by atoms with E-state index in [1.165, 1.54) is 0 Å². The molecule has 1 heterocycles. The van der Waals surface area contributed by atoms with Crippen LogP contribution in [0.4, 0.5) is 5.69 Å². The maximum Gasteiger partial charge on any atom is 0.340 e. The van der Waals surface area contributed by atoms with Gasteiger partial charge in [-0.05, 0) is 43.9 Å². The van der Waals surface area contributed by atoms with Crippen LogP contribution in [0.3, 0.4) is 0 Å². The lowest BCUT2D eigenvalue weighted by Gasteiger charge is -2.70. The zero-order valence-corrected chi connectivity index (χ0v) is 25.3. The summed E-state index contributed by atoms with van der Waals surface area (Å²) >= 11 is 0. The Morgan fingerprint density at radius 2 is 1.90 bits per heavy atom. The van der Waals surface area contributed by atoms with E-state index in [0.29, 0.717) is 43.6 Å². The minimum absolute atomic E-state index is 0.00697. The highest BCUT2D eigenvalue weighted by atomic mass is 16.5. The minimum atomic E-state index is -1.47. The predicted molar refractivity (Wildman–Crippen MR) is 153 cm³/mol. The van der Waals surface area contributed by atoms with E-state index in [9.17, 15) is 15.0 Å². The lowest BCUT2D eigenvalue weighted by molar-refractivity contribution is -0.325. The lowest BCUT2D eigenvalue weighted by Crippen LogP contribution is -2.82. The Hall–Kier alpha value is -1.79. The Balaban J connectivity index is 1.41. The van der Waals surface area contributed by atoms with E-state index in [-0.39, 0.29) is 42.5 Å². The van der Waals surface area contributed by atoms with Gasteiger partial charge in [0.1, 0.15) is 11.2 Å². The van der Waals surface area contributed by atoms with E-state index in [2.05, 4.69) is 11.8 Å². The maximum atomic E-state index is 13.5. The Morgan fingerprint density at radius 1 is 1.14 bits per heavy atom. The number of nitrogens with zero attached hydrogens (tertiary/aromatic N) is 1. The SMILES string of the molecule is CCN1C[C@]2(COC(=O)c3ccccc3N)CC[C@H](O)[C@@]34[C@@H]5C[C@H]6[C@H](OC)[C@@H]5[C@](OC)(C[C@@H]6OC)[C@](O)([C@@H](OC)[C@H]23)[C@@H]14. The highest BCUT2D eigenvalue weighted by molar-refractivity contribution is 5.95. The minimum Gasteiger partial charge on any atom is -0.461 e. The molecule has 1 spiro atoms. The van der Waals surface area contributed by atoms with Crippen molar-refractivity contribution in [2.45, 2.75) is 74.3 Å². The molecular weight excluding hydrogens is 540 g/mol. The topological polar surface area (TPSA) is 133 Å². The molecule has 1 aliphatic heterocycles. The number of hydrogen-bond acceptors (Lipinski definition) is 10. The smallest absolute Gasteiger partial charge is 0.340 e. The molecule has 0 amide bonds. The molecule has 1 saturated heterocycles. The van der Waals surface area contributed by atoms with Crippen molar-refractivity contribution in [1.82, 2.24) is 4.90 Å². The summed E-state index contributed by atoms with van der Waals surface area (Å²) in [6.07, 6.45) is 0.846. The lowest BCUT2D eigenvalue weighted by atomic mass is 9.42. The van der Waals surface area contributed by atoms with E-state index in [0.717, 1.165) is 6.42 Å². The van der Waals surface area contributed by atoms with Crippen molar-refractivity contribution in [2.75, 3.05) is 53.9 Å². The number of piperidine rings is 1. The molecule has 10 heteroatoms. The number of ether oxygens (including phenoxy) is 5. The van der Waals surface area contributed by atoms with Crippen molar-refractivity contribution in [3.8, 4) is 0 Å². The molecule has 42 heavy (non-hydrogen) atoms. The fraction of sp³-hybridized carbons (Fsp3) is 0.781. The number of nitrogen functional groups attached to an aromatic ring is 1. The largest absolute Gasteiger partial charge is 0.461 e. The summed E-state index contributed by atoms with van der Waals surface area (Å²) in [4.78, 5) is 15.7. The second-order valence-corrected chi connectivity index (χ2v) is 13.8. The van der Waals surface area contributed by atoms with Crippen molar-refractivity contribution in [1.29, 1.82) is 0 Å². The number of nitrogens with two attached hydrogens (primary N) is 1. The molecule has 0 unspecified atom stereocenters. The van der Waals surface area contributed by atoms with Gasteiger partial charge in [-0.1, -0.05) is 19.1 Å². The summed E-state index contributed by atoms with van der Waals surface area (Å²) in [7, 11) is 6.81. The number of aliphatic hydroxyl groups is 2. The quantitative estimate of drug-likeness (QED) is 0.306. The Labute approximate surface area is 247 Å². The van der Waals surface area contributed by atoms with Crippen LogP contribution in [-0.2, 0) is 23.7 Å². The second kappa shape index (κ2) is 9.60. The molecule has 1 aromatic rings. The molecule has 5 saturated carbocycles. The summed E-state index contributed by atoms with van der Waals surface area (Å²) in [5.41, 5.74) is 3.09. The third-order valence-corrected chi connectivity index (χ3v) is 13.0. The van der Waals surface area contributed by atoms with Gasteiger partial charge in [0.2, 0.25) is 0 Å². The molecule has 0 aromatic heterocycles. The number of aliphatic hydroxyl groups excluding tert-OH is 1. The zero-order valence-electron chi connectivity index (χ0n) is 25.3. The average molecular weight is 587 g/mol. The van der Waals surface area contributed by atoms with E-state index in [1.54, 1.807) is 52.7 Å². The number of hydrogen-bond donors (Lipinski definition) is 3. The number of rotatable bonds is 8. The molecule has 0 radical (unpaired) electrons. The van der Waals surface area contributed by atoms with Crippen molar-refractivity contribution < 1.29 is 38.7 Å². The van der Waals surface area contributed by atoms with Gasteiger partial charge < -0.3 is 39.6 Å². The van der Waals surface area contributed by atoms with Crippen LogP contribution in [0.1, 0.15) is 43.0 Å². The van der Waals surface area contributed by atoms with Crippen LogP contribution in [0.15, 0.2) is 24.3 Å². The molecule has 13 atom stereocenters. The Kier molecular flexibility index (Phi) is 6.62. The van der Waals surface area contributed by atoms with Crippen LogP contribution in [-0.4, -0.2) is 111 Å². The molecule has 7 rings (SSSR count). The number of carbonyl (C=O) groups excluding carboxylic acids is 1. The summed E-state index contributed by atoms with van der Waals surface area (Å²) < 4.78 is 31.5. The third kappa shape index (κ3) is 3.07. The van der Waals surface area contributed by atoms with Crippen molar-refractivity contribution in [3.63, 3.8) is 0 Å². The van der Waals surface area contributed by atoms with E-state index >= 15 is 0 Å². The standard InChI is InChI=1S/C32H46N2O8/c1-6-34-15-29(16-42-27(36)17-9-7-8-10-20(17)33)12-11-22(35)31-19-13-18-21(38-2)14-30(41-5,23(19)24(18)39-3)32(37,28(31)34)26(40-4)25(29)31/h7-10,18-19,21-26,28,35,37H,6,11-16,33H2,1-5H3/t18-,19-,21+,22+,23-,24+,25-,26+,28+,29+,30-,31+,32+/m1/s1. The second-order valence-electron chi connectivity index (χ2n) is 13.8. The Bertz CT molecular complexity index is 1250. The van der Waals surface area contributed by atoms with Crippen LogP contribution in [0.25, 0.3) is 0 Å². The molecule has 6 fully saturated rings. The molecule has 10 nitrogen and oxygen atoms in total. The van der Waals surface area contributed by atoms with Crippen molar-refractivity contribution in [3.05, 3.63) is 29.8 Å². The highest BCUT2D eigenvalue weighted by Gasteiger charge is 2.91. The van der Waals surface area contributed by atoms with Gasteiger partial charge in [-0.2, -0.15) is 0 Å². The van der Waals surface area contributed by atoms with E-state index < -0.39 is 46.3 Å². The monoisotopic (exact) mass is 586 g/mol. The first-order valence-corrected chi connectivity index (χ1v) is 15.5. The van der Waals surface area contributed by atoms with Gasteiger partial charge in [-0.3, -0.25) is 4.90 Å². The first-order valence-electron chi connectivity index (χ1n) is 15.5. The Morgan fingerprint density at radius 3 is 2.55 bits per heavy atom. The average Bonchev–Trinajstić information content (AvgIpc) is 3.40. The van der Waals surface area contributed by atoms with Gasteiger partial charge in [0.05, 0.1) is 42.6 Å². The van der Waals surface area contributed by atoms with Crippen LogP contribution in [0, 0.1) is 34.5 Å². The first-order chi connectivity index (χ1) is 20.2. The van der Waals surface area contributed by atoms with Crippen LogP contribution >= 0.6 is 0 Å². The number of anilines is 1. The van der Waals surface area contributed by atoms with Gasteiger partial charge in [0.15, 0.2) is 0 Å². The summed E-state index contributed by atoms with van der Waals surface area (Å²) in [6, 6.07) is 6.54. The number of benzene rings is 1. The summed E-state index contributed by atoms with van der Waals surface area (Å²) in [5, 5.41) is 25.8. The molecule has 6 aliphatic rings. The predicted octanol–water partition coefficient (Wildman–Crippen LogP) is 1.72. The van der Waals surface area contributed by atoms with Crippen molar-refractivity contribution >= 4 is 11.7 Å². The number of carbonyl (C=O) groups is 1. The van der Waals surface area contributed by atoms with E-state index in [4.69, 9.17) is 29.4 Å². The fourth-order valence-electron chi connectivity index (χ4n) is 12.0. The summed E-state index contributed by atoms with van der Waals surface area (Å²) in [5.74, 6) is -0.767. The highest BCUT2D eigenvalue weighted by Crippen LogP contribution is 2.80. The molecule has 7 bridgehead atoms. The first kappa shape index (κ1) is 29.0. The molecule has 5 aliphatic carbocycles. The van der Waals surface area contributed by atoms with E-state index in [1.807, 2.05) is 0 Å². The molecular formula is C32H46N2O8. The molecule has 232 valence electrons. The third-order valence-electron chi connectivity index (χ3n) is 13.0. The van der Waals surface area contributed by atoms with Crippen molar-refractivity contribution in [2.24, 2.45) is 34.5 Å². The van der Waals surface area contributed by atoms with Crippen LogP contribution in [0.5, 0.6) is 0 Å². The number of likely N-dealkylation sites (N-methyl/N-ethyl adjacent to an activating group) is 1. The van der Waals surface area contributed by atoms with Gasteiger partial charge in [0, 0.05) is 75.7 Å². The maximum absolute atomic E-state index is 13.5. The van der Waals surface area contributed by atoms with Gasteiger partial charge in [0.25, 0.3) is 0 Å². The van der Waals surface area contributed by atoms with Crippen LogP contribution < -0.4 is 5.73 Å². The van der Waals surface area contributed by atoms with Crippen LogP contribution in [0.2, 0.25) is 0 Å². The normalized spacial score (nSPS) is 50.1. The van der Waals surface area contributed by atoms with Gasteiger partial charge in [-0.15, -0.1) is 0 Å². The number of para-hydroxylation sites is 1. The summed E-state index contributed by atoms with van der Waals surface area (Å²) in [6.45, 7) is 3.53. The number of methoxy groups -OCH3 is 4. The molecule has 4 N–H and O–H groups in total. The molecule has 1 aromatic carbocycles. The van der Waals surface area contributed by atoms with Gasteiger partial charge >= 0.3 is 5.97 Å². The number of likely N-dealkylation sites (tertiary alicyclic amines) is 1.